The average Bonchev–Trinajstić information content (AvgIpc) is 2.86. The molecule has 130 valence electrons. The summed E-state index contributed by atoms with van der Waals surface area (Å²) < 4.78 is 26.8. The van der Waals surface area contributed by atoms with Gasteiger partial charge in [0, 0.05) is 32.6 Å². The first-order chi connectivity index (χ1) is 11.5. The van der Waals surface area contributed by atoms with E-state index in [1.54, 1.807) is 35.2 Å². The molecule has 2 saturated heterocycles. The van der Waals surface area contributed by atoms with Gasteiger partial charge in [0.15, 0.2) is 0 Å². The number of hydrogen-bond acceptors (Lipinski definition) is 4. The smallest absolute Gasteiger partial charge is 0.245 e. The van der Waals surface area contributed by atoms with Gasteiger partial charge in [0.1, 0.15) is 6.04 Å². The molecule has 7 nitrogen and oxygen atoms in total. The molecule has 2 amide bonds. The van der Waals surface area contributed by atoms with E-state index in [4.69, 9.17) is 0 Å². The highest BCUT2D eigenvalue weighted by Crippen LogP contribution is 2.18. The van der Waals surface area contributed by atoms with Gasteiger partial charge >= 0.3 is 0 Å². The van der Waals surface area contributed by atoms with Crippen LogP contribution in [0.2, 0.25) is 0 Å². The maximum absolute atomic E-state index is 12.7. The molecule has 8 heteroatoms. The summed E-state index contributed by atoms with van der Waals surface area (Å²) in [5.41, 5.74) is 0. The fourth-order valence-electron chi connectivity index (χ4n) is 3.12. The Morgan fingerprint density at radius 3 is 2.50 bits per heavy atom. The van der Waals surface area contributed by atoms with Crippen molar-refractivity contribution >= 4 is 21.8 Å². The van der Waals surface area contributed by atoms with E-state index in [9.17, 15) is 18.0 Å². The second-order valence-electron chi connectivity index (χ2n) is 6.05. The van der Waals surface area contributed by atoms with Gasteiger partial charge in [0.25, 0.3) is 0 Å². The molecule has 0 aliphatic carbocycles. The van der Waals surface area contributed by atoms with Gasteiger partial charge in [-0.1, -0.05) is 18.2 Å². The predicted molar refractivity (Wildman–Crippen MR) is 87.6 cm³/mol. The lowest BCUT2D eigenvalue weighted by molar-refractivity contribution is -0.134. The van der Waals surface area contributed by atoms with Crippen molar-refractivity contribution in [1.29, 1.82) is 0 Å². The number of nitrogens with one attached hydrogen (secondary N) is 1. The van der Waals surface area contributed by atoms with Crippen LogP contribution < -0.4 is 5.32 Å². The minimum Gasteiger partial charge on any atom is -0.344 e. The molecular formula is C16H21N3O4S. The first kappa shape index (κ1) is 16.9. The van der Waals surface area contributed by atoms with Gasteiger partial charge in [-0.2, -0.15) is 4.31 Å². The molecule has 2 aliphatic heterocycles. The molecule has 0 saturated carbocycles. The van der Waals surface area contributed by atoms with E-state index in [1.807, 2.05) is 0 Å². The number of hydrogen-bond donors (Lipinski definition) is 1. The summed E-state index contributed by atoms with van der Waals surface area (Å²) in [4.78, 5) is 25.7. The van der Waals surface area contributed by atoms with Gasteiger partial charge in [-0.3, -0.25) is 9.59 Å². The molecule has 1 aromatic carbocycles. The highest BCUT2D eigenvalue weighted by molar-refractivity contribution is 7.89. The largest absolute Gasteiger partial charge is 0.344 e. The van der Waals surface area contributed by atoms with Crippen molar-refractivity contribution in [2.75, 3.05) is 26.2 Å². The Kier molecular flexibility index (Phi) is 4.86. The molecule has 1 atom stereocenters. The standard InChI is InChI=1S/C16H21N3O4S/c20-15-8-7-14(17-15)16(21)18-9-4-10-19(12-11-18)24(22,23)13-5-2-1-3-6-13/h1-3,5-6,14H,4,7-12H2,(H,17,20). The van der Waals surface area contributed by atoms with Crippen LogP contribution in [0.5, 0.6) is 0 Å². The van der Waals surface area contributed by atoms with Crippen LogP contribution in [-0.2, 0) is 19.6 Å². The molecule has 1 unspecified atom stereocenters. The fourth-order valence-corrected chi connectivity index (χ4v) is 4.61. The minimum atomic E-state index is -3.54. The van der Waals surface area contributed by atoms with E-state index in [0.717, 1.165) is 0 Å². The summed E-state index contributed by atoms with van der Waals surface area (Å²) in [6, 6.07) is 7.87. The number of amides is 2. The fraction of sp³-hybridized carbons (Fsp3) is 0.500. The molecule has 1 aromatic rings. The van der Waals surface area contributed by atoms with Crippen molar-refractivity contribution < 1.29 is 18.0 Å². The summed E-state index contributed by atoms with van der Waals surface area (Å²) in [6.07, 6.45) is 1.47. The van der Waals surface area contributed by atoms with Gasteiger partial charge in [-0.15, -0.1) is 0 Å². The number of benzene rings is 1. The molecule has 2 heterocycles. The maximum Gasteiger partial charge on any atom is 0.245 e. The topological polar surface area (TPSA) is 86.8 Å². The number of sulfonamides is 1. The Bertz CT molecular complexity index is 720. The Hall–Kier alpha value is -1.93. The lowest BCUT2D eigenvalue weighted by Gasteiger charge is -2.24. The van der Waals surface area contributed by atoms with Crippen LogP contribution in [0.1, 0.15) is 19.3 Å². The van der Waals surface area contributed by atoms with Gasteiger partial charge in [0.05, 0.1) is 4.90 Å². The van der Waals surface area contributed by atoms with Crippen molar-refractivity contribution in [3.8, 4) is 0 Å². The molecule has 0 spiro atoms. The zero-order valence-electron chi connectivity index (χ0n) is 13.3. The lowest BCUT2D eigenvalue weighted by Crippen LogP contribution is -2.46. The summed E-state index contributed by atoms with van der Waals surface area (Å²) >= 11 is 0. The number of rotatable bonds is 3. The monoisotopic (exact) mass is 351 g/mol. The van der Waals surface area contributed by atoms with Gasteiger partial charge in [0.2, 0.25) is 21.8 Å². The second-order valence-corrected chi connectivity index (χ2v) is 7.99. The van der Waals surface area contributed by atoms with E-state index in [1.165, 1.54) is 4.31 Å². The molecular weight excluding hydrogens is 330 g/mol. The van der Waals surface area contributed by atoms with Gasteiger partial charge in [-0.05, 0) is 25.0 Å². The van der Waals surface area contributed by atoms with Crippen molar-refractivity contribution in [3.05, 3.63) is 30.3 Å². The third kappa shape index (κ3) is 3.44. The normalized spacial score (nSPS) is 22.9. The lowest BCUT2D eigenvalue weighted by atomic mass is 10.2. The van der Waals surface area contributed by atoms with Gasteiger partial charge in [-0.25, -0.2) is 8.42 Å². The zero-order chi connectivity index (χ0) is 17.2. The molecule has 2 fully saturated rings. The highest BCUT2D eigenvalue weighted by Gasteiger charge is 2.33. The summed E-state index contributed by atoms with van der Waals surface area (Å²) in [5, 5.41) is 2.68. The molecule has 1 N–H and O–H groups in total. The zero-order valence-corrected chi connectivity index (χ0v) is 14.2. The SMILES string of the molecule is O=C1CCC(C(=O)N2CCCN(S(=O)(=O)c3ccccc3)CC2)N1. The van der Waals surface area contributed by atoms with E-state index >= 15 is 0 Å². The van der Waals surface area contributed by atoms with E-state index in [0.29, 0.717) is 38.9 Å². The Morgan fingerprint density at radius 1 is 1.08 bits per heavy atom. The van der Waals surface area contributed by atoms with Crippen LogP contribution in [0.3, 0.4) is 0 Å². The Balaban J connectivity index is 1.67. The predicted octanol–water partition coefficient (Wildman–Crippen LogP) is 0.188. The number of carbonyl (C=O) groups excluding carboxylic acids is 2. The Labute approximate surface area is 141 Å². The molecule has 0 aromatic heterocycles. The highest BCUT2D eigenvalue weighted by atomic mass is 32.2. The molecule has 24 heavy (non-hydrogen) atoms. The minimum absolute atomic E-state index is 0.101. The van der Waals surface area contributed by atoms with Crippen LogP contribution in [0.25, 0.3) is 0 Å². The summed E-state index contributed by atoms with van der Waals surface area (Å²) in [6.45, 7) is 1.50. The summed E-state index contributed by atoms with van der Waals surface area (Å²) in [7, 11) is -3.54. The maximum atomic E-state index is 12.7. The van der Waals surface area contributed by atoms with Crippen LogP contribution in [0.4, 0.5) is 0 Å². The van der Waals surface area contributed by atoms with Crippen LogP contribution >= 0.6 is 0 Å². The average molecular weight is 351 g/mol. The number of nitrogens with zero attached hydrogens (tertiary/aromatic N) is 2. The number of carbonyl (C=O) groups is 2. The van der Waals surface area contributed by atoms with Crippen molar-refractivity contribution in [1.82, 2.24) is 14.5 Å². The van der Waals surface area contributed by atoms with Crippen molar-refractivity contribution in [2.24, 2.45) is 0 Å². The first-order valence-corrected chi connectivity index (χ1v) is 9.56. The first-order valence-electron chi connectivity index (χ1n) is 8.12. The van der Waals surface area contributed by atoms with Crippen LogP contribution in [-0.4, -0.2) is 61.7 Å². The third-order valence-electron chi connectivity index (χ3n) is 4.44. The second kappa shape index (κ2) is 6.90. The van der Waals surface area contributed by atoms with Crippen molar-refractivity contribution in [3.63, 3.8) is 0 Å². The molecule has 0 radical (unpaired) electrons. The Morgan fingerprint density at radius 2 is 1.83 bits per heavy atom. The molecule has 2 aliphatic rings. The van der Waals surface area contributed by atoms with Crippen LogP contribution in [0, 0.1) is 0 Å². The quantitative estimate of drug-likeness (QED) is 0.842. The molecule has 0 bridgehead atoms. The van der Waals surface area contributed by atoms with Gasteiger partial charge < -0.3 is 10.2 Å². The van der Waals surface area contributed by atoms with E-state index < -0.39 is 16.1 Å². The summed E-state index contributed by atoms with van der Waals surface area (Å²) in [5.74, 6) is -0.212. The molecule has 3 rings (SSSR count). The van der Waals surface area contributed by atoms with E-state index in [2.05, 4.69) is 5.32 Å². The van der Waals surface area contributed by atoms with E-state index in [-0.39, 0.29) is 23.3 Å². The van der Waals surface area contributed by atoms with Crippen molar-refractivity contribution in [2.45, 2.75) is 30.2 Å². The van der Waals surface area contributed by atoms with Crippen LogP contribution in [0.15, 0.2) is 35.2 Å². The third-order valence-corrected chi connectivity index (χ3v) is 6.35.